The van der Waals surface area contributed by atoms with Crippen LogP contribution in [-0.2, 0) is 4.79 Å². The maximum absolute atomic E-state index is 10.6. The van der Waals surface area contributed by atoms with Crippen molar-refractivity contribution in [2.75, 3.05) is 0 Å². The van der Waals surface area contributed by atoms with Crippen molar-refractivity contribution < 1.29 is 9.72 Å². The Balaban J connectivity index is 2.48. The summed E-state index contributed by atoms with van der Waals surface area (Å²) in [5.74, 6) is -0.580. The minimum absolute atomic E-state index is 0.0217. The Morgan fingerprint density at radius 2 is 2.29 bits per heavy atom. The summed E-state index contributed by atoms with van der Waals surface area (Å²) in [6.45, 7) is 0. The zero-order valence-electron chi connectivity index (χ0n) is 8.58. The van der Waals surface area contributed by atoms with Crippen molar-refractivity contribution in [1.82, 2.24) is 10.2 Å². The van der Waals surface area contributed by atoms with Gasteiger partial charge >= 0.3 is 0 Å². The SMILES string of the molecule is NC(=O)C=Cc1n[nH]c2cc([N+](=O)[O-])ccc12. The quantitative estimate of drug-likeness (QED) is 0.466. The molecular formula is C10H8N4O3. The standard InChI is InChI=1S/C10H8N4O3/c11-10(15)4-3-8-7-2-1-6(14(16)17)5-9(7)13-12-8/h1-5H,(H2,11,15)(H,12,13). The van der Waals surface area contributed by atoms with Gasteiger partial charge in [-0.15, -0.1) is 0 Å². The molecule has 0 fully saturated rings. The molecule has 0 bridgehead atoms. The van der Waals surface area contributed by atoms with Gasteiger partial charge in [-0.05, 0) is 12.1 Å². The minimum atomic E-state index is -0.580. The predicted octanol–water partition coefficient (Wildman–Crippen LogP) is 0.970. The van der Waals surface area contributed by atoms with Crippen molar-refractivity contribution in [3.8, 4) is 0 Å². The molecule has 7 heteroatoms. The van der Waals surface area contributed by atoms with Crippen LogP contribution in [0.4, 0.5) is 5.69 Å². The molecule has 0 unspecified atom stereocenters. The lowest BCUT2D eigenvalue weighted by molar-refractivity contribution is -0.384. The summed E-state index contributed by atoms with van der Waals surface area (Å²) in [5.41, 5.74) is 5.98. The Morgan fingerprint density at radius 3 is 2.94 bits per heavy atom. The first-order valence-corrected chi connectivity index (χ1v) is 4.68. The summed E-state index contributed by atoms with van der Waals surface area (Å²) in [6.07, 6.45) is 2.63. The number of nitrogens with zero attached hydrogens (tertiary/aromatic N) is 2. The second-order valence-corrected chi connectivity index (χ2v) is 3.33. The van der Waals surface area contributed by atoms with E-state index in [-0.39, 0.29) is 5.69 Å². The molecular weight excluding hydrogens is 224 g/mol. The van der Waals surface area contributed by atoms with Crippen LogP contribution in [0.5, 0.6) is 0 Å². The Bertz CT molecular complexity index is 630. The van der Waals surface area contributed by atoms with E-state index in [9.17, 15) is 14.9 Å². The average Bonchev–Trinajstić information content (AvgIpc) is 2.68. The van der Waals surface area contributed by atoms with Crippen molar-refractivity contribution in [2.45, 2.75) is 0 Å². The number of fused-ring (bicyclic) bond motifs is 1. The number of non-ortho nitro benzene ring substituents is 1. The van der Waals surface area contributed by atoms with Crippen LogP contribution < -0.4 is 5.73 Å². The zero-order valence-corrected chi connectivity index (χ0v) is 8.58. The van der Waals surface area contributed by atoms with Crippen molar-refractivity contribution in [1.29, 1.82) is 0 Å². The molecule has 0 aliphatic carbocycles. The summed E-state index contributed by atoms with van der Waals surface area (Å²) < 4.78 is 0. The number of amides is 1. The molecule has 1 aromatic carbocycles. The molecule has 0 radical (unpaired) electrons. The molecule has 0 aliphatic heterocycles. The number of nitro benzene ring substituents is 1. The summed E-state index contributed by atoms with van der Waals surface area (Å²) in [5, 5.41) is 17.8. The van der Waals surface area contributed by atoms with Gasteiger partial charge in [0.05, 0.1) is 16.1 Å². The van der Waals surface area contributed by atoms with E-state index in [0.29, 0.717) is 16.6 Å². The number of hydrogen-bond acceptors (Lipinski definition) is 4. The highest BCUT2D eigenvalue weighted by Gasteiger charge is 2.09. The van der Waals surface area contributed by atoms with Gasteiger partial charge in [0.25, 0.3) is 5.69 Å². The van der Waals surface area contributed by atoms with Gasteiger partial charge in [-0.3, -0.25) is 20.0 Å². The number of primary amides is 1. The largest absolute Gasteiger partial charge is 0.366 e. The summed E-state index contributed by atoms with van der Waals surface area (Å²) in [7, 11) is 0. The molecule has 1 heterocycles. The number of carbonyl (C=O) groups is 1. The van der Waals surface area contributed by atoms with Crippen LogP contribution in [-0.4, -0.2) is 21.0 Å². The second kappa shape index (κ2) is 4.05. The van der Waals surface area contributed by atoms with Crippen molar-refractivity contribution in [3.63, 3.8) is 0 Å². The fourth-order valence-corrected chi connectivity index (χ4v) is 1.43. The third-order valence-electron chi connectivity index (χ3n) is 2.19. The smallest absolute Gasteiger partial charge is 0.271 e. The van der Waals surface area contributed by atoms with E-state index in [0.717, 1.165) is 0 Å². The van der Waals surface area contributed by atoms with Gasteiger partial charge in [0, 0.05) is 23.6 Å². The number of nitrogens with two attached hydrogens (primary N) is 1. The Kier molecular flexibility index (Phi) is 2.57. The van der Waals surface area contributed by atoms with Crippen LogP contribution in [0.2, 0.25) is 0 Å². The lowest BCUT2D eigenvalue weighted by atomic mass is 10.2. The van der Waals surface area contributed by atoms with Crippen molar-refractivity contribution >= 4 is 28.6 Å². The van der Waals surface area contributed by atoms with Crippen LogP contribution in [0.1, 0.15) is 5.69 Å². The number of hydrogen-bond donors (Lipinski definition) is 2. The van der Waals surface area contributed by atoms with Gasteiger partial charge in [0.2, 0.25) is 5.91 Å². The third kappa shape index (κ3) is 2.12. The number of H-pyrrole nitrogens is 1. The predicted molar refractivity (Wildman–Crippen MR) is 61.0 cm³/mol. The molecule has 86 valence electrons. The lowest BCUT2D eigenvalue weighted by Gasteiger charge is -1.91. The van der Waals surface area contributed by atoms with Gasteiger partial charge in [0.1, 0.15) is 0 Å². The van der Waals surface area contributed by atoms with Crippen LogP contribution in [0.25, 0.3) is 17.0 Å². The van der Waals surface area contributed by atoms with Gasteiger partial charge in [-0.2, -0.15) is 5.10 Å². The fraction of sp³-hybridized carbons (Fsp3) is 0. The monoisotopic (exact) mass is 232 g/mol. The van der Waals surface area contributed by atoms with E-state index >= 15 is 0 Å². The molecule has 2 aromatic rings. The second-order valence-electron chi connectivity index (χ2n) is 3.33. The van der Waals surface area contributed by atoms with Crippen molar-refractivity contribution in [3.05, 3.63) is 40.1 Å². The summed E-state index contributed by atoms with van der Waals surface area (Å²) in [6, 6.07) is 4.32. The molecule has 17 heavy (non-hydrogen) atoms. The Hall–Kier alpha value is -2.70. The zero-order chi connectivity index (χ0) is 12.4. The van der Waals surface area contributed by atoms with Gasteiger partial charge in [-0.1, -0.05) is 0 Å². The maximum atomic E-state index is 10.6. The van der Waals surface area contributed by atoms with Crippen molar-refractivity contribution in [2.24, 2.45) is 5.73 Å². The first-order chi connectivity index (χ1) is 8.08. The molecule has 0 saturated carbocycles. The average molecular weight is 232 g/mol. The first kappa shape index (κ1) is 10.8. The first-order valence-electron chi connectivity index (χ1n) is 4.68. The van der Waals surface area contributed by atoms with Gasteiger partial charge in [-0.25, -0.2) is 0 Å². The van der Waals surface area contributed by atoms with Crippen LogP contribution in [0, 0.1) is 10.1 Å². The number of nitrogens with one attached hydrogen (secondary N) is 1. The number of carbonyl (C=O) groups excluding carboxylic acids is 1. The maximum Gasteiger partial charge on any atom is 0.271 e. The Labute approximate surface area is 95.1 Å². The molecule has 1 aromatic heterocycles. The van der Waals surface area contributed by atoms with E-state index in [2.05, 4.69) is 10.2 Å². The van der Waals surface area contributed by atoms with E-state index < -0.39 is 10.8 Å². The molecule has 0 atom stereocenters. The molecule has 1 amide bonds. The Morgan fingerprint density at radius 1 is 1.53 bits per heavy atom. The highest BCUT2D eigenvalue weighted by molar-refractivity contribution is 5.94. The molecule has 0 spiro atoms. The molecule has 0 saturated heterocycles. The van der Waals surface area contributed by atoms with Gasteiger partial charge < -0.3 is 5.73 Å². The van der Waals surface area contributed by atoms with E-state index in [1.54, 1.807) is 6.07 Å². The van der Waals surface area contributed by atoms with E-state index in [1.165, 1.54) is 24.3 Å². The van der Waals surface area contributed by atoms with E-state index in [1.807, 2.05) is 0 Å². The van der Waals surface area contributed by atoms with Gasteiger partial charge in [0.15, 0.2) is 0 Å². The third-order valence-corrected chi connectivity index (χ3v) is 2.19. The number of aromatic nitrogens is 2. The van der Waals surface area contributed by atoms with Crippen LogP contribution in [0.15, 0.2) is 24.3 Å². The molecule has 3 N–H and O–H groups in total. The number of rotatable bonds is 3. The molecule has 2 rings (SSSR count). The number of nitro groups is 1. The summed E-state index contributed by atoms with van der Waals surface area (Å²) in [4.78, 5) is 20.7. The van der Waals surface area contributed by atoms with E-state index in [4.69, 9.17) is 5.73 Å². The number of benzene rings is 1. The van der Waals surface area contributed by atoms with Crippen LogP contribution in [0.3, 0.4) is 0 Å². The van der Waals surface area contributed by atoms with Crippen LogP contribution >= 0.6 is 0 Å². The fourth-order valence-electron chi connectivity index (χ4n) is 1.43. The highest BCUT2D eigenvalue weighted by Crippen LogP contribution is 2.22. The summed E-state index contributed by atoms with van der Waals surface area (Å²) >= 11 is 0. The minimum Gasteiger partial charge on any atom is -0.366 e. The molecule has 7 nitrogen and oxygen atoms in total. The highest BCUT2D eigenvalue weighted by atomic mass is 16.6. The molecule has 0 aliphatic rings. The normalized spacial score (nSPS) is 11.1. The lowest BCUT2D eigenvalue weighted by Crippen LogP contribution is -2.05. The topological polar surface area (TPSA) is 115 Å². The number of aromatic amines is 1.